The molecule has 2 heterocycles. The monoisotopic (exact) mass is 544 g/mol. The average molecular weight is 545 g/mol. The van der Waals surface area contributed by atoms with Gasteiger partial charge in [-0.25, -0.2) is 4.68 Å². The number of carbonyl (C=O) groups excluding carboxylic acids is 3. The molecule has 1 unspecified atom stereocenters. The van der Waals surface area contributed by atoms with E-state index in [1.54, 1.807) is 6.92 Å². The van der Waals surface area contributed by atoms with Crippen molar-refractivity contribution in [3.05, 3.63) is 82.5 Å². The Balaban J connectivity index is 1.77. The van der Waals surface area contributed by atoms with Crippen LogP contribution in [0.2, 0.25) is 0 Å². The summed E-state index contributed by atoms with van der Waals surface area (Å²) < 4.78 is 1.87. The summed E-state index contributed by atoms with van der Waals surface area (Å²) in [6.07, 6.45) is 1.86. The van der Waals surface area contributed by atoms with Gasteiger partial charge in [-0.1, -0.05) is 68.4 Å². The number of benzene rings is 2. The molecule has 1 aromatic heterocycles. The second-order valence-electron chi connectivity index (χ2n) is 11.2. The normalized spacial score (nSPS) is 18.0. The number of hydrogen-bond acceptors (Lipinski definition) is 5. The molecule has 1 aliphatic rings. The summed E-state index contributed by atoms with van der Waals surface area (Å²) in [6.45, 7) is 11.4. The first-order valence-corrected chi connectivity index (χ1v) is 13.9. The molecular formula is C31H40N6O3. The highest BCUT2D eigenvalue weighted by molar-refractivity contribution is 6.04. The molecule has 0 saturated heterocycles. The van der Waals surface area contributed by atoms with E-state index in [2.05, 4.69) is 41.9 Å². The summed E-state index contributed by atoms with van der Waals surface area (Å²) in [5.74, 6) is -0.990. The van der Waals surface area contributed by atoms with E-state index >= 15 is 0 Å². The first kappa shape index (κ1) is 28.9. The van der Waals surface area contributed by atoms with Gasteiger partial charge in [-0.15, -0.1) is 0 Å². The van der Waals surface area contributed by atoms with Gasteiger partial charge >= 0.3 is 0 Å². The molecule has 0 aliphatic carbocycles. The summed E-state index contributed by atoms with van der Waals surface area (Å²) in [7, 11) is 0. The van der Waals surface area contributed by atoms with Crippen molar-refractivity contribution in [2.45, 2.75) is 84.0 Å². The zero-order valence-electron chi connectivity index (χ0n) is 24.2. The lowest BCUT2D eigenvalue weighted by Gasteiger charge is -2.38. The molecule has 212 valence electrons. The molecule has 9 heteroatoms. The minimum atomic E-state index is -1.45. The zero-order chi connectivity index (χ0) is 29.2. The van der Waals surface area contributed by atoms with Crippen molar-refractivity contribution < 1.29 is 14.4 Å². The molecule has 5 N–H and O–H groups in total. The topological polar surface area (TPSA) is 131 Å². The van der Waals surface area contributed by atoms with E-state index in [0.717, 1.165) is 24.0 Å². The van der Waals surface area contributed by atoms with Crippen LogP contribution in [0.5, 0.6) is 0 Å². The number of nitrogens with one attached hydrogen (secondary N) is 3. The number of nitrogens with two attached hydrogens (primary N) is 1. The van der Waals surface area contributed by atoms with Gasteiger partial charge in [-0.05, 0) is 63.6 Å². The number of rotatable bonds is 9. The second kappa shape index (κ2) is 11.2. The number of primary amides is 1. The van der Waals surface area contributed by atoms with Gasteiger partial charge in [-0.3, -0.25) is 14.4 Å². The van der Waals surface area contributed by atoms with E-state index in [1.165, 1.54) is 6.92 Å². The van der Waals surface area contributed by atoms with Crippen LogP contribution in [0.3, 0.4) is 0 Å². The Morgan fingerprint density at radius 3 is 2.35 bits per heavy atom. The maximum atomic E-state index is 14.2. The smallest absolute Gasteiger partial charge is 0.258 e. The highest BCUT2D eigenvalue weighted by Crippen LogP contribution is 2.41. The van der Waals surface area contributed by atoms with Crippen LogP contribution in [-0.2, 0) is 27.1 Å². The molecule has 4 rings (SSSR count). The molecule has 0 fully saturated rings. The second-order valence-corrected chi connectivity index (χ2v) is 11.2. The maximum absolute atomic E-state index is 14.2. The summed E-state index contributed by atoms with van der Waals surface area (Å²) in [5.41, 5.74) is 7.40. The molecule has 3 aromatic rings. The zero-order valence-corrected chi connectivity index (χ0v) is 24.2. The lowest BCUT2D eigenvalue weighted by molar-refractivity contribution is -0.131. The van der Waals surface area contributed by atoms with Crippen LogP contribution in [0.4, 0.5) is 5.82 Å². The SMILES string of the molecule is CCc1ccc([C@](CC)(NC(=O)c2c(C)nn3c2N[C@@H](c2ccccc2)CC3(C)C)C(=O)NC(C)C(N)=O)cc1. The van der Waals surface area contributed by atoms with E-state index in [1.807, 2.05) is 61.0 Å². The number of aromatic nitrogens is 2. The Labute approximate surface area is 235 Å². The summed E-state index contributed by atoms with van der Waals surface area (Å²) in [6, 6.07) is 16.8. The van der Waals surface area contributed by atoms with Gasteiger partial charge in [-0.2, -0.15) is 5.10 Å². The molecule has 2 aromatic carbocycles. The molecule has 0 saturated carbocycles. The number of nitrogens with zero attached hydrogens (tertiary/aromatic N) is 2. The summed E-state index contributed by atoms with van der Waals surface area (Å²) >= 11 is 0. The van der Waals surface area contributed by atoms with Crippen molar-refractivity contribution in [1.29, 1.82) is 0 Å². The minimum Gasteiger partial charge on any atom is -0.368 e. The van der Waals surface area contributed by atoms with E-state index in [4.69, 9.17) is 10.8 Å². The molecule has 0 radical (unpaired) electrons. The molecule has 9 nitrogen and oxygen atoms in total. The van der Waals surface area contributed by atoms with Crippen molar-refractivity contribution in [3.8, 4) is 0 Å². The Hall–Kier alpha value is -4.14. The molecule has 1 aliphatic heterocycles. The molecular weight excluding hydrogens is 504 g/mol. The van der Waals surface area contributed by atoms with Gasteiger partial charge in [0.1, 0.15) is 23.0 Å². The van der Waals surface area contributed by atoms with Crippen LogP contribution < -0.4 is 21.7 Å². The molecule has 3 atom stereocenters. The van der Waals surface area contributed by atoms with Gasteiger partial charge in [0.15, 0.2) is 0 Å². The molecule has 40 heavy (non-hydrogen) atoms. The molecule has 0 spiro atoms. The number of carbonyl (C=O) groups is 3. The Morgan fingerprint density at radius 1 is 1.12 bits per heavy atom. The van der Waals surface area contributed by atoms with Crippen LogP contribution >= 0.6 is 0 Å². The average Bonchev–Trinajstić information content (AvgIpc) is 3.28. The van der Waals surface area contributed by atoms with Gasteiger partial charge in [0.05, 0.1) is 17.3 Å². The van der Waals surface area contributed by atoms with Crippen molar-refractivity contribution in [1.82, 2.24) is 20.4 Å². The van der Waals surface area contributed by atoms with E-state index in [0.29, 0.717) is 22.6 Å². The van der Waals surface area contributed by atoms with Crippen LogP contribution in [0.1, 0.15) is 86.2 Å². The third kappa shape index (κ3) is 5.33. The first-order valence-electron chi connectivity index (χ1n) is 13.9. The lowest BCUT2D eigenvalue weighted by atomic mass is 9.84. The van der Waals surface area contributed by atoms with E-state index in [9.17, 15) is 14.4 Å². The number of aryl methyl sites for hydroxylation is 2. The fourth-order valence-corrected chi connectivity index (χ4v) is 5.44. The standard InChI is InChI=1S/C31H40N6O3/c1-7-21-14-16-23(17-15-21)31(8-2,29(40)33-20(4)26(32)38)35-28(39)25-19(3)36-37-27(25)34-24(18-30(37,5)6)22-12-10-9-11-13-22/h9-17,20,24,34H,7-8,18H2,1-6H3,(H2,32,38)(H,33,40)(H,35,39)/t20?,24-,31+/m1/s1. The summed E-state index contributed by atoms with van der Waals surface area (Å²) in [5, 5.41) is 14.1. The lowest BCUT2D eigenvalue weighted by Crippen LogP contribution is -2.59. The van der Waals surface area contributed by atoms with Gasteiger partial charge in [0, 0.05) is 0 Å². The van der Waals surface area contributed by atoms with Crippen LogP contribution in [0, 0.1) is 6.92 Å². The minimum absolute atomic E-state index is 0.0245. The van der Waals surface area contributed by atoms with Gasteiger partial charge in [0.2, 0.25) is 5.91 Å². The van der Waals surface area contributed by atoms with Crippen molar-refractivity contribution in [3.63, 3.8) is 0 Å². The van der Waals surface area contributed by atoms with Crippen LogP contribution in [0.25, 0.3) is 0 Å². The van der Waals surface area contributed by atoms with Crippen molar-refractivity contribution in [2.75, 3.05) is 5.32 Å². The molecule has 0 bridgehead atoms. The third-order valence-electron chi connectivity index (χ3n) is 7.95. The Kier molecular flexibility index (Phi) is 8.05. The van der Waals surface area contributed by atoms with Gasteiger partial charge in [0.25, 0.3) is 11.8 Å². The van der Waals surface area contributed by atoms with Crippen LogP contribution in [0.15, 0.2) is 54.6 Å². The van der Waals surface area contributed by atoms with E-state index in [-0.39, 0.29) is 18.0 Å². The quantitative estimate of drug-likeness (QED) is 0.323. The Bertz CT molecular complexity index is 1400. The Morgan fingerprint density at radius 2 is 1.77 bits per heavy atom. The number of amides is 3. The first-order chi connectivity index (χ1) is 18.9. The number of hydrogen-bond donors (Lipinski definition) is 4. The third-order valence-corrected chi connectivity index (χ3v) is 7.95. The predicted octanol–water partition coefficient (Wildman–Crippen LogP) is 4.07. The van der Waals surface area contributed by atoms with Crippen molar-refractivity contribution >= 4 is 23.5 Å². The molecule has 3 amide bonds. The fourth-order valence-electron chi connectivity index (χ4n) is 5.44. The van der Waals surface area contributed by atoms with Gasteiger partial charge < -0.3 is 21.7 Å². The number of anilines is 1. The number of fused-ring (bicyclic) bond motifs is 1. The van der Waals surface area contributed by atoms with Crippen molar-refractivity contribution in [2.24, 2.45) is 5.73 Å². The van der Waals surface area contributed by atoms with E-state index < -0.39 is 29.3 Å². The summed E-state index contributed by atoms with van der Waals surface area (Å²) in [4.78, 5) is 39.8. The fraction of sp³-hybridized carbons (Fsp3) is 0.419. The highest BCUT2D eigenvalue weighted by Gasteiger charge is 2.44. The largest absolute Gasteiger partial charge is 0.368 e. The maximum Gasteiger partial charge on any atom is 0.258 e. The van der Waals surface area contributed by atoms with Crippen LogP contribution in [-0.4, -0.2) is 33.5 Å². The highest BCUT2D eigenvalue weighted by atomic mass is 16.2. The predicted molar refractivity (Wildman–Crippen MR) is 156 cm³/mol.